The number of hydrogen-bond donors (Lipinski definition) is 2. The SMILES string of the molecule is Cc1cc(C(=O)NC(C)c2ccsc2)sc1/C=C/C(=O)O. The molecular formula is C15H15NO3S2. The number of carbonyl (C=O) groups excluding carboxylic acids is 1. The van der Waals surface area contributed by atoms with E-state index in [1.54, 1.807) is 17.4 Å². The minimum Gasteiger partial charge on any atom is -0.478 e. The molecule has 110 valence electrons. The van der Waals surface area contributed by atoms with Crippen LogP contribution in [0, 0.1) is 6.92 Å². The van der Waals surface area contributed by atoms with Gasteiger partial charge in [-0.05, 0) is 53.9 Å². The molecule has 0 aliphatic carbocycles. The molecule has 21 heavy (non-hydrogen) atoms. The lowest BCUT2D eigenvalue weighted by Crippen LogP contribution is -2.25. The normalized spacial score (nSPS) is 12.5. The quantitative estimate of drug-likeness (QED) is 0.825. The molecule has 4 nitrogen and oxygen atoms in total. The van der Waals surface area contributed by atoms with E-state index in [0.29, 0.717) is 4.88 Å². The lowest BCUT2D eigenvalue weighted by Gasteiger charge is -2.11. The smallest absolute Gasteiger partial charge is 0.328 e. The van der Waals surface area contributed by atoms with Crippen LogP contribution < -0.4 is 5.32 Å². The Morgan fingerprint density at radius 2 is 2.19 bits per heavy atom. The summed E-state index contributed by atoms with van der Waals surface area (Å²) in [5.74, 6) is -1.14. The lowest BCUT2D eigenvalue weighted by molar-refractivity contribution is -0.131. The van der Waals surface area contributed by atoms with Crippen LogP contribution in [0.15, 0.2) is 29.0 Å². The van der Waals surface area contributed by atoms with Gasteiger partial charge in [0.05, 0.1) is 10.9 Å². The van der Waals surface area contributed by atoms with Crippen LogP contribution in [0.25, 0.3) is 6.08 Å². The zero-order chi connectivity index (χ0) is 15.4. The first-order chi connectivity index (χ1) is 9.97. The molecule has 2 rings (SSSR count). The summed E-state index contributed by atoms with van der Waals surface area (Å²) in [4.78, 5) is 24.1. The van der Waals surface area contributed by atoms with Crippen LogP contribution >= 0.6 is 22.7 Å². The summed E-state index contributed by atoms with van der Waals surface area (Å²) in [6, 6.07) is 3.71. The lowest BCUT2D eigenvalue weighted by atomic mass is 10.2. The molecule has 0 aliphatic heterocycles. The maximum Gasteiger partial charge on any atom is 0.328 e. The predicted octanol–water partition coefficient (Wildman–Crippen LogP) is 3.71. The summed E-state index contributed by atoms with van der Waals surface area (Å²) in [6.07, 6.45) is 2.59. The largest absolute Gasteiger partial charge is 0.478 e. The molecule has 0 radical (unpaired) electrons. The van der Waals surface area contributed by atoms with Gasteiger partial charge in [-0.2, -0.15) is 11.3 Å². The summed E-state index contributed by atoms with van der Waals surface area (Å²) in [6.45, 7) is 3.79. The summed E-state index contributed by atoms with van der Waals surface area (Å²) in [7, 11) is 0. The van der Waals surface area contributed by atoms with E-state index < -0.39 is 5.97 Å². The first-order valence-electron chi connectivity index (χ1n) is 6.31. The van der Waals surface area contributed by atoms with E-state index in [0.717, 1.165) is 22.1 Å². The van der Waals surface area contributed by atoms with Crippen molar-refractivity contribution in [2.75, 3.05) is 0 Å². The minimum absolute atomic E-state index is 0.0517. The van der Waals surface area contributed by atoms with Crippen molar-refractivity contribution in [3.63, 3.8) is 0 Å². The first kappa shape index (κ1) is 15.5. The van der Waals surface area contributed by atoms with Crippen molar-refractivity contribution < 1.29 is 14.7 Å². The highest BCUT2D eigenvalue weighted by atomic mass is 32.1. The zero-order valence-electron chi connectivity index (χ0n) is 11.6. The highest BCUT2D eigenvalue weighted by molar-refractivity contribution is 7.15. The third kappa shape index (κ3) is 4.03. The summed E-state index contributed by atoms with van der Waals surface area (Å²) < 4.78 is 0. The monoisotopic (exact) mass is 321 g/mol. The fourth-order valence-corrected chi connectivity index (χ4v) is 3.53. The fraction of sp³-hybridized carbons (Fsp3) is 0.200. The topological polar surface area (TPSA) is 66.4 Å². The number of carbonyl (C=O) groups is 2. The van der Waals surface area contributed by atoms with Crippen molar-refractivity contribution in [3.8, 4) is 0 Å². The first-order valence-corrected chi connectivity index (χ1v) is 8.07. The molecule has 0 fully saturated rings. The molecule has 1 amide bonds. The van der Waals surface area contributed by atoms with Crippen LogP contribution in [-0.4, -0.2) is 17.0 Å². The molecule has 0 spiro atoms. The van der Waals surface area contributed by atoms with Crippen molar-refractivity contribution in [1.29, 1.82) is 0 Å². The van der Waals surface area contributed by atoms with Crippen molar-refractivity contribution >= 4 is 40.6 Å². The van der Waals surface area contributed by atoms with E-state index >= 15 is 0 Å². The molecular weight excluding hydrogens is 306 g/mol. The Bertz CT molecular complexity index is 671. The highest BCUT2D eigenvalue weighted by Gasteiger charge is 2.15. The molecule has 1 unspecified atom stereocenters. The molecule has 0 saturated heterocycles. The maximum absolute atomic E-state index is 12.2. The van der Waals surface area contributed by atoms with Crippen LogP contribution in [0.2, 0.25) is 0 Å². The van der Waals surface area contributed by atoms with E-state index in [4.69, 9.17) is 5.11 Å². The van der Waals surface area contributed by atoms with Crippen LogP contribution in [0.1, 0.15) is 38.6 Å². The number of hydrogen-bond acceptors (Lipinski definition) is 4. The molecule has 0 aliphatic rings. The van der Waals surface area contributed by atoms with Crippen LogP contribution in [0.5, 0.6) is 0 Å². The number of amides is 1. The van der Waals surface area contributed by atoms with Gasteiger partial charge in [0.25, 0.3) is 5.91 Å². The molecule has 2 aromatic rings. The predicted molar refractivity (Wildman–Crippen MR) is 85.9 cm³/mol. The van der Waals surface area contributed by atoms with Crippen LogP contribution in [0.3, 0.4) is 0 Å². The third-order valence-electron chi connectivity index (χ3n) is 2.95. The second-order valence-corrected chi connectivity index (χ2v) is 6.45. The second-order valence-electron chi connectivity index (χ2n) is 4.58. The Labute approximate surface area is 130 Å². The fourth-order valence-electron chi connectivity index (χ4n) is 1.79. The van der Waals surface area contributed by atoms with Gasteiger partial charge in [0.15, 0.2) is 0 Å². The number of aliphatic carboxylic acids is 1. The van der Waals surface area contributed by atoms with Gasteiger partial charge in [-0.25, -0.2) is 4.79 Å². The van der Waals surface area contributed by atoms with E-state index in [1.807, 2.05) is 30.7 Å². The number of carboxylic acids is 1. The zero-order valence-corrected chi connectivity index (χ0v) is 13.3. The molecule has 1 atom stereocenters. The summed E-state index contributed by atoms with van der Waals surface area (Å²) >= 11 is 2.88. The number of thiophene rings is 2. The van der Waals surface area contributed by atoms with Crippen molar-refractivity contribution in [2.24, 2.45) is 0 Å². The van der Waals surface area contributed by atoms with Gasteiger partial charge in [-0.15, -0.1) is 11.3 Å². The van der Waals surface area contributed by atoms with Gasteiger partial charge in [0.2, 0.25) is 0 Å². The Hall–Kier alpha value is -1.92. The van der Waals surface area contributed by atoms with E-state index in [-0.39, 0.29) is 11.9 Å². The van der Waals surface area contributed by atoms with Gasteiger partial charge in [-0.3, -0.25) is 4.79 Å². The molecule has 0 saturated carbocycles. The molecule has 6 heteroatoms. The van der Waals surface area contributed by atoms with Crippen molar-refractivity contribution in [2.45, 2.75) is 19.9 Å². The number of carboxylic acid groups (broad SMARTS) is 1. The average molecular weight is 321 g/mol. The molecule has 2 heterocycles. The Morgan fingerprint density at radius 3 is 2.81 bits per heavy atom. The van der Waals surface area contributed by atoms with E-state index in [1.165, 1.54) is 17.4 Å². The minimum atomic E-state index is -1.00. The molecule has 0 aromatic carbocycles. The van der Waals surface area contributed by atoms with Crippen LogP contribution in [-0.2, 0) is 4.79 Å². The van der Waals surface area contributed by atoms with E-state index in [2.05, 4.69) is 5.32 Å². The second kappa shape index (κ2) is 6.69. The average Bonchev–Trinajstić information content (AvgIpc) is 3.05. The van der Waals surface area contributed by atoms with Gasteiger partial charge >= 0.3 is 5.97 Å². The van der Waals surface area contributed by atoms with Crippen molar-refractivity contribution in [1.82, 2.24) is 5.32 Å². The third-order valence-corrected chi connectivity index (χ3v) is 4.85. The van der Waals surface area contributed by atoms with Crippen LogP contribution in [0.4, 0.5) is 0 Å². The van der Waals surface area contributed by atoms with E-state index in [9.17, 15) is 9.59 Å². The number of aryl methyl sites for hydroxylation is 1. The van der Waals surface area contributed by atoms with Crippen molar-refractivity contribution in [3.05, 3.63) is 49.9 Å². The molecule has 2 N–H and O–H groups in total. The van der Waals surface area contributed by atoms with Gasteiger partial charge in [0, 0.05) is 11.0 Å². The Kier molecular flexibility index (Phi) is 4.93. The number of nitrogens with one attached hydrogen (secondary N) is 1. The highest BCUT2D eigenvalue weighted by Crippen LogP contribution is 2.24. The Morgan fingerprint density at radius 1 is 1.43 bits per heavy atom. The molecule has 0 bridgehead atoms. The summed E-state index contributed by atoms with van der Waals surface area (Å²) in [5.41, 5.74) is 1.97. The summed E-state index contributed by atoms with van der Waals surface area (Å²) in [5, 5.41) is 15.6. The maximum atomic E-state index is 12.2. The Balaban J connectivity index is 2.09. The van der Waals surface area contributed by atoms with Gasteiger partial charge in [0.1, 0.15) is 0 Å². The van der Waals surface area contributed by atoms with Gasteiger partial charge < -0.3 is 10.4 Å². The number of rotatable bonds is 5. The standard InChI is InChI=1S/C15H15NO3S2/c1-9-7-13(21-12(9)3-4-14(17)18)15(19)16-10(2)11-5-6-20-8-11/h3-8,10H,1-2H3,(H,16,19)(H,17,18)/b4-3+. The molecule has 2 aromatic heterocycles. The van der Waals surface area contributed by atoms with Gasteiger partial charge in [-0.1, -0.05) is 0 Å².